The van der Waals surface area contributed by atoms with Crippen molar-refractivity contribution in [2.45, 2.75) is 6.92 Å². The molecule has 2 nitrogen and oxygen atoms in total. The fourth-order valence-electron chi connectivity index (χ4n) is 2.60. The normalized spacial score (nSPS) is 10.8. The van der Waals surface area contributed by atoms with Crippen molar-refractivity contribution < 1.29 is 4.79 Å². The number of hydrogen-bond donors (Lipinski definition) is 1. The number of benzene rings is 3. The summed E-state index contributed by atoms with van der Waals surface area (Å²) < 4.78 is 0. The Hall–Kier alpha value is -2.32. The first-order valence-corrected chi connectivity index (χ1v) is 7.04. The summed E-state index contributed by atoms with van der Waals surface area (Å²) >= 11 is 6.21. The number of carbonyl (C=O) groups is 1. The van der Waals surface area contributed by atoms with Crippen molar-refractivity contribution in [3.05, 3.63) is 76.3 Å². The summed E-state index contributed by atoms with van der Waals surface area (Å²) in [5.41, 5.74) is 8.54. The van der Waals surface area contributed by atoms with E-state index in [0.29, 0.717) is 21.8 Å². The van der Waals surface area contributed by atoms with E-state index in [4.69, 9.17) is 17.3 Å². The topological polar surface area (TPSA) is 43.1 Å². The lowest BCUT2D eigenvalue weighted by Crippen LogP contribution is -2.08. The largest absolute Gasteiger partial charge is 0.398 e. The van der Waals surface area contributed by atoms with E-state index in [9.17, 15) is 4.79 Å². The van der Waals surface area contributed by atoms with Crippen LogP contribution in [0.3, 0.4) is 0 Å². The Morgan fingerprint density at radius 1 is 0.952 bits per heavy atom. The molecule has 0 aliphatic carbocycles. The summed E-state index contributed by atoms with van der Waals surface area (Å²) in [5, 5.41) is 2.36. The lowest BCUT2D eigenvalue weighted by Gasteiger charge is -2.11. The monoisotopic (exact) mass is 295 g/mol. The minimum atomic E-state index is -0.0709. The van der Waals surface area contributed by atoms with Gasteiger partial charge in [-0.25, -0.2) is 0 Å². The Labute approximate surface area is 128 Å². The van der Waals surface area contributed by atoms with Gasteiger partial charge in [0.1, 0.15) is 0 Å². The Morgan fingerprint density at radius 3 is 2.38 bits per heavy atom. The summed E-state index contributed by atoms with van der Waals surface area (Å²) in [6.07, 6.45) is 0. The van der Waals surface area contributed by atoms with Crippen molar-refractivity contribution >= 4 is 33.8 Å². The van der Waals surface area contributed by atoms with Gasteiger partial charge in [-0.2, -0.15) is 0 Å². The molecule has 3 rings (SSSR count). The van der Waals surface area contributed by atoms with E-state index >= 15 is 0 Å². The molecule has 0 aromatic heterocycles. The number of nitrogens with two attached hydrogens (primary N) is 1. The molecule has 104 valence electrons. The van der Waals surface area contributed by atoms with E-state index in [0.717, 1.165) is 16.3 Å². The number of rotatable bonds is 2. The molecular weight excluding hydrogens is 282 g/mol. The van der Waals surface area contributed by atoms with Crippen LogP contribution in [0.2, 0.25) is 5.02 Å². The summed E-state index contributed by atoms with van der Waals surface area (Å²) in [5.74, 6) is -0.0709. The van der Waals surface area contributed by atoms with Gasteiger partial charge in [-0.15, -0.1) is 0 Å². The molecule has 0 saturated heterocycles. The van der Waals surface area contributed by atoms with E-state index in [1.807, 2.05) is 43.3 Å². The molecule has 0 radical (unpaired) electrons. The van der Waals surface area contributed by atoms with Crippen molar-refractivity contribution in [3.63, 3.8) is 0 Å². The van der Waals surface area contributed by atoms with Crippen molar-refractivity contribution in [2.75, 3.05) is 5.73 Å². The summed E-state index contributed by atoms with van der Waals surface area (Å²) in [4.78, 5) is 12.9. The molecular formula is C18H14ClNO. The van der Waals surface area contributed by atoms with Gasteiger partial charge < -0.3 is 5.73 Å². The third-order valence-electron chi connectivity index (χ3n) is 3.65. The van der Waals surface area contributed by atoms with Gasteiger partial charge in [-0.1, -0.05) is 48.0 Å². The summed E-state index contributed by atoms with van der Waals surface area (Å²) in [6.45, 7) is 1.89. The highest BCUT2D eigenvalue weighted by atomic mass is 35.5. The average Bonchev–Trinajstić information content (AvgIpc) is 2.47. The Kier molecular flexibility index (Phi) is 3.40. The van der Waals surface area contributed by atoms with Crippen LogP contribution in [0.5, 0.6) is 0 Å². The quantitative estimate of drug-likeness (QED) is 0.554. The van der Waals surface area contributed by atoms with Gasteiger partial charge in [0, 0.05) is 27.2 Å². The molecule has 21 heavy (non-hydrogen) atoms. The molecule has 0 heterocycles. The zero-order valence-corrected chi connectivity index (χ0v) is 12.3. The van der Waals surface area contributed by atoms with Gasteiger partial charge in [-0.3, -0.25) is 4.79 Å². The van der Waals surface area contributed by atoms with Crippen LogP contribution in [0.4, 0.5) is 5.69 Å². The highest BCUT2D eigenvalue weighted by Crippen LogP contribution is 2.29. The fraction of sp³-hybridized carbons (Fsp3) is 0.0556. The zero-order valence-electron chi connectivity index (χ0n) is 11.6. The molecule has 0 spiro atoms. The van der Waals surface area contributed by atoms with Gasteiger partial charge in [0.15, 0.2) is 5.78 Å². The predicted molar refractivity (Wildman–Crippen MR) is 88.0 cm³/mol. The van der Waals surface area contributed by atoms with Crippen LogP contribution in [0, 0.1) is 6.92 Å². The standard InChI is InChI=1S/C18H14ClNO/c1-11-5-4-8-16(20)17(11)18(21)14-9-10-15(19)13-7-3-2-6-12(13)14/h2-10H,20H2,1H3. The Balaban J connectivity index is 2.26. The van der Waals surface area contributed by atoms with Crippen LogP contribution in [-0.4, -0.2) is 5.78 Å². The van der Waals surface area contributed by atoms with Crippen molar-refractivity contribution in [3.8, 4) is 0 Å². The second kappa shape index (κ2) is 5.23. The SMILES string of the molecule is Cc1cccc(N)c1C(=O)c1ccc(Cl)c2ccccc12. The van der Waals surface area contributed by atoms with Crippen LogP contribution in [0.1, 0.15) is 21.5 Å². The van der Waals surface area contributed by atoms with Crippen LogP contribution in [0.15, 0.2) is 54.6 Å². The zero-order chi connectivity index (χ0) is 15.0. The number of anilines is 1. The number of halogens is 1. The third-order valence-corrected chi connectivity index (χ3v) is 3.98. The molecule has 0 aliphatic rings. The molecule has 0 fully saturated rings. The first-order valence-electron chi connectivity index (χ1n) is 6.66. The number of aryl methyl sites for hydroxylation is 1. The maximum atomic E-state index is 12.9. The first kappa shape index (κ1) is 13.7. The number of fused-ring (bicyclic) bond motifs is 1. The van der Waals surface area contributed by atoms with E-state index in [1.165, 1.54) is 0 Å². The van der Waals surface area contributed by atoms with Crippen LogP contribution < -0.4 is 5.73 Å². The Morgan fingerprint density at radius 2 is 1.67 bits per heavy atom. The van der Waals surface area contributed by atoms with Gasteiger partial charge in [0.05, 0.1) is 0 Å². The van der Waals surface area contributed by atoms with E-state index in [1.54, 1.807) is 18.2 Å². The van der Waals surface area contributed by atoms with Crippen LogP contribution in [0.25, 0.3) is 10.8 Å². The molecule has 0 atom stereocenters. The number of ketones is 1. The maximum Gasteiger partial charge on any atom is 0.195 e. The second-order valence-electron chi connectivity index (χ2n) is 5.01. The minimum Gasteiger partial charge on any atom is -0.398 e. The van der Waals surface area contributed by atoms with Crippen molar-refractivity contribution in [2.24, 2.45) is 0 Å². The number of nitrogen functional groups attached to an aromatic ring is 1. The third kappa shape index (κ3) is 2.28. The molecule has 3 aromatic rings. The average molecular weight is 296 g/mol. The van der Waals surface area contributed by atoms with E-state index in [-0.39, 0.29) is 5.78 Å². The van der Waals surface area contributed by atoms with Gasteiger partial charge in [0.2, 0.25) is 0 Å². The van der Waals surface area contributed by atoms with Gasteiger partial charge >= 0.3 is 0 Å². The van der Waals surface area contributed by atoms with E-state index in [2.05, 4.69) is 0 Å². The minimum absolute atomic E-state index is 0.0709. The highest BCUT2D eigenvalue weighted by molar-refractivity contribution is 6.36. The maximum absolute atomic E-state index is 12.9. The molecule has 0 unspecified atom stereocenters. The summed E-state index contributed by atoms with van der Waals surface area (Å²) in [6, 6.07) is 16.6. The Bertz CT molecular complexity index is 835. The molecule has 0 aliphatic heterocycles. The molecule has 3 aromatic carbocycles. The van der Waals surface area contributed by atoms with Crippen LogP contribution in [-0.2, 0) is 0 Å². The number of hydrogen-bond acceptors (Lipinski definition) is 2. The fourth-order valence-corrected chi connectivity index (χ4v) is 2.82. The van der Waals surface area contributed by atoms with Crippen LogP contribution >= 0.6 is 11.6 Å². The highest BCUT2D eigenvalue weighted by Gasteiger charge is 2.17. The lowest BCUT2D eigenvalue weighted by molar-refractivity contribution is 0.104. The second-order valence-corrected chi connectivity index (χ2v) is 5.42. The first-order chi connectivity index (χ1) is 10.1. The summed E-state index contributed by atoms with van der Waals surface area (Å²) in [7, 11) is 0. The molecule has 0 saturated carbocycles. The van der Waals surface area contributed by atoms with Crippen molar-refractivity contribution in [1.82, 2.24) is 0 Å². The number of carbonyl (C=O) groups excluding carboxylic acids is 1. The molecule has 0 amide bonds. The predicted octanol–water partition coefficient (Wildman–Crippen LogP) is 4.61. The van der Waals surface area contributed by atoms with Gasteiger partial charge in [0.25, 0.3) is 0 Å². The van der Waals surface area contributed by atoms with E-state index < -0.39 is 0 Å². The molecule has 3 heteroatoms. The van der Waals surface area contributed by atoms with Gasteiger partial charge in [-0.05, 0) is 36.1 Å². The van der Waals surface area contributed by atoms with Crippen molar-refractivity contribution in [1.29, 1.82) is 0 Å². The molecule has 2 N–H and O–H groups in total. The smallest absolute Gasteiger partial charge is 0.195 e. The molecule has 0 bridgehead atoms. The lowest BCUT2D eigenvalue weighted by atomic mass is 9.94.